The maximum atomic E-state index is 5.34. The van der Waals surface area contributed by atoms with Crippen LogP contribution in [-0.2, 0) is 4.74 Å². The lowest BCUT2D eigenvalue weighted by molar-refractivity contribution is 0.00316. The van der Waals surface area contributed by atoms with Gasteiger partial charge in [0.1, 0.15) is 0 Å². The molecule has 2 heterocycles. The van der Waals surface area contributed by atoms with Gasteiger partial charge < -0.3 is 4.74 Å². The monoisotopic (exact) mass is 170 g/mol. The molecule has 0 saturated carbocycles. The third-order valence-corrected chi connectivity index (χ3v) is 2.77. The number of nitrogens with zero attached hydrogens (tertiary/aromatic N) is 1. The molecule has 2 saturated heterocycles. The van der Waals surface area contributed by atoms with Crippen molar-refractivity contribution in [3.63, 3.8) is 0 Å². The Bertz CT molecular complexity index is 112. The third-order valence-electron chi connectivity index (χ3n) is 2.77. The molecule has 0 aliphatic carbocycles. The first kappa shape index (κ1) is 8.48. The Morgan fingerprint density at radius 3 is 2.67 bits per heavy atom. The van der Waals surface area contributed by atoms with Crippen molar-refractivity contribution in [1.29, 1.82) is 0 Å². The van der Waals surface area contributed by atoms with E-state index in [1.165, 1.54) is 32.2 Å². The van der Waals surface area contributed by atoms with Gasteiger partial charge in [-0.1, -0.05) is 0 Å². The molecule has 1 N–H and O–H groups in total. The Kier molecular flexibility index (Phi) is 2.98. The van der Waals surface area contributed by atoms with Gasteiger partial charge in [0.15, 0.2) is 0 Å². The molecule has 12 heavy (non-hydrogen) atoms. The molecule has 0 bridgehead atoms. The number of hydrazine groups is 1. The quantitative estimate of drug-likeness (QED) is 0.629. The molecule has 0 radical (unpaired) electrons. The molecule has 0 aromatic rings. The fourth-order valence-corrected chi connectivity index (χ4v) is 2.02. The standard InChI is InChI=1S/C9H18N2O/c1-2-6-11(10-5-1)9-3-7-12-8-4-9/h9-10H,1-8H2. The maximum absolute atomic E-state index is 5.34. The minimum Gasteiger partial charge on any atom is -0.381 e. The van der Waals surface area contributed by atoms with Crippen LogP contribution in [0.2, 0.25) is 0 Å². The van der Waals surface area contributed by atoms with Crippen molar-refractivity contribution < 1.29 is 4.74 Å². The van der Waals surface area contributed by atoms with Crippen molar-refractivity contribution in [2.75, 3.05) is 26.3 Å². The van der Waals surface area contributed by atoms with E-state index in [1.54, 1.807) is 0 Å². The summed E-state index contributed by atoms with van der Waals surface area (Å²) >= 11 is 0. The van der Waals surface area contributed by atoms with E-state index in [0.29, 0.717) is 0 Å². The average Bonchev–Trinajstić information content (AvgIpc) is 2.21. The van der Waals surface area contributed by atoms with Crippen molar-refractivity contribution in [3.8, 4) is 0 Å². The Labute approximate surface area is 74.0 Å². The van der Waals surface area contributed by atoms with Crippen LogP contribution in [0.3, 0.4) is 0 Å². The Hall–Kier alpha value is -0.120. The fourth-order valence-electron chi connectivity index (χ4n) is 2.02. The number of nitrogens with one attached hydrogen (secondary N) is 1. The molecule has 0 aromatic carbocycles. The number of rotatable bonds is 1. The number of hydrogen-bond donors (Lipinski definition) is 1. The van der Waals surface area contributed by atoms with Crippen molar-refractivity contribution in [2.24, 2.45) is 0 Å². The van der Waals surface area contributed by atoms with Gasteiger partial charge in [-0.05, 0) is 25.7 Å². The summed E-state index contributed by atoms with van der Waals surface area (Å²) in [6.07, 6.45) is 5.09. The largest absolute Gasteiger partial charge is 0.381 e. The first-order chi connectivity index (χ1) is 5.97. The van der Waals surface area contributed by atoms with E-state index >= 15 is 0 Å². The zero-order valence-electron chi connectivity index (χ0n) is 7.59. The van der Waals surface area contributed by atoms with Crippen molar-refractivity contribution in [2.45, 2.75) is 31.7 Å². The van der Waals surface area contributed by atoms with Gasteiger partial charge in [-0.3, -0.25) is 5.43 Å². The summed E-state index contributed by atoms with van der Waals surface area (Å²) < 4.78 is 5.34. The summed E-state index contributed by atoms with van der Waals surface area (Å²) in [6, 6.07) is 0.735. The number of hydrogen-bond acceptors (Lipinski definition) is 3. The van der Waals surface area contributed by atoms with E-state index in [-0.39, 0.29) is 0 Å². The summed E-state index contributed by atoms with van der Waals surface area (Å²) in [5.74, 6) is 0. The highest BCUT2D eigenvalue weighted by Crippen LogP contribution is 2.14. The van der Waals surface area contributed by atoms with E-state index in [2.05, 4.69) is 10.4 Å². The second-order valence-corrected chi connectivity index (χ2v) is 3.65. The first-order valence-electron chi connectivity index (χ1n) is 5.05. The maximum Gasteiger partial charge on any atom is 0.0481 e. The van der Waals surface area contributed by atoms with Crippen molar-refractivity contribution in [3.05, 3.63) is 0 Å². The zero-order chi connectivity index (χ0) is 8.23. The van der Waals surface area contributed by atoms with Gasteiger partial charge in [0.25, 0.3) is 0 Å². The second-order valence-electron chi connectivity index (χ2n) is 3.65. The van der Waals surface area contributed by atoms with Crippen LogP contribution in [0, 0.1) is 0 Å². The van der Waals surface area contributed by atoms with Gasteiger partial charge in [0.05, 0.1) is 0 Å². The van der Waals surface area contributed by atoms with Crippen LogP contribution >= 0.6 is 0 Å². The molecule has 2 fully saturated rings. The molecule has 0 amide bonds. The molecule has 0 aromatic heterocycles. The van der Waals surface area contributed by atoms with Crippen molar-refractivity contribution in [1.82, 2.24) is 10.4 Å². The topological polar surface area (TPSA) is 24.5 Å². The van der Waals surface area contributed by atoms with Gasteiger partial charge in [-0.15, -0.1) is 0 Å². The molecule has 2 aliphatic rings. The van der Waals surface area contributed by atoms with E-state index in [0.717, 1.165) is 25.8 Å². The highest BCUT2D eigenvalue weighted by Gasteiger charge is 2.22. The van der Waals surface area contributed by atoms with Crippen LogP contribution in [0.4, 0.5) is 0 Å². The molecule has 0 spiro atoms. The van der Waals surface area contributed by atoms with Crippen LogP contribution in [0.15, 0.2) is 0 Å². The van der Waals surface area contributed by atoms with Gasteiger partial charge in [-0.25, -0.2) is 5.01 Å². The van der Waals surface area contributed by atoms with Crippen LogP contribution < -0.4 is 5.43 Å². The van der Waals surface area contributed by atoms with Crippen LogP contribution in [-0.4, -0.2) is 37.4 Å². The third kappa shape index (κ3) is 1.97. The molecular weight excluding hydrogens is 152 g/mol. The lowest BCUT2D eigenvalue weighted by atomic mass is 10.1. The molecule has 70 valence electrons. The average molecular weight is 170 g/mol. The summed E-state index contributed by atoms with van der Waals surface area (Å²) in [4.78, 5) is 0. The van der Waals surface area contributed by atoms with Gasteiger partial charge in [0.2, 0.25) is 0 Å². The predicted octanol–water partition coefficient (Wildman–Crippen LogP) is 0.766. The smallest absolute Gasteiger partial charge is 0.0481 e. The van der Waals surface area contributed by atoms with E-state index < -0.39 is 0 Å². The van der Waals surface area contributed by atoms with Gasteiger partial charge in [0, 0.05) is 32.3 Å². The summed E-state index contributed by atoms with van der Waals surface area (Å²) in [5, 5.41) is 2.42. The minimum atomic E-state index is 0.735. The molecule has 0 unspecified atom stereocenters. The number of ether oxygens (including phenoxy) is 1. The Morgan fingerprint density at radius 1 is 1.17 bits per heavy atom. The molecule has 3 heteroatoms. The predicted molar refractivity (Wildman–Crippen MR) is 47.8 cm³/mol. The highest BCUT2D eigenvalue weighted by molar-refractivity contribution is 4.74. The van der Waals surface area contributed by atoms with Crippen LogP contribution in [0.1, 0.15) is 25.7 Å². The van der Waals surface area contributed by atoms with E-state index in [1.807, 2.05) is 0 Å². The lowest BCUT2D eigenvalue weighted by Crippen LogP contribution is -2.51. The summed E-state index contributed by atoms with van der Waals surface area (Å²) in [6.45, 7) is 4.29. The van der Waals surface area contributed by atoms with Crippen LogP contribution in [0.5, 0.6) is 0 Å². The highest BCUT2D eigenvalue weighted by atomic mass is 16.5. The molecule has 2 rings (SSSR count). The van der Waals surface area contributed by atoms with Crippen molar-refractivity contribution >= 4 is 0 Å². The van der Waals surface area contributed by atoms with E-state index in [4.69, 9.17) is 4.74 Å². The Morgan fingerprint density at radius 2 is 2.00 bits per heavy atom. The van der Waals surface area contributed by atoms with E-state index in [9.17, 15) is 0 Å². The zero-order valence-corrected chi connectivity index (χ0v) is 7.59. The summed E-state index contributed by atoms with van der Waals surface area (Å²) in [7, 11) is 0. The SMILES string of the molecule is C1CCN(C2CCOCC2)NC1. The molecule has 3 nitrogen and oxygen atoms in total. The Balaban J connectivity index is 1.80. The minimum absolute atomic E-state index is 0.735. The second kappa shape index (κ2) is 4.21. The molecule has 0 atom stereocenters. The lowest BCUT2D eigenvalue weighted by Gasteiger charge is -2.37. The van der Waals surface area contributed by atoms with Gasteiger partial charge in [-0.2, -0.15) is 0 Å². The first-order valence-corrected chi connectivity index (χ1v) is 5.05. The normalized spacial score (nSPS) is 29.0. The van der Waals surface area contributed by atoms with Gasteiger partial charge >= 0.3 is 0 Å². The van der Waals surface area contributed by atoms with Crippen LogP contribution in [0.25, 0.3) is 0 Å². The summed E-state index contributed by atoms with van der Waals surface area (Å²) in [5.41, 5.74) is 3.47. The fraction of sp³-hybridized carbons (Fsp3) is 1.00. The molecular formula is C9H18N2O. The molecule has 2 aliphatic heterocycles.